The highest BCUT2D eigenvalue weighted by molar-refractivity contribution is 6.37. The van der Waals surface area contributed by atoms with Gasteiger partial charge < -0.3 is 4.74 Å². The highest BCUT2D eigenvalue weighted by atomic mass is 35.5. The van der Waals surface area contributed by atoms with Crippen LogP contribution in [0.2, 0.25) is 10.0 Å². The summed E-state index contributed by atoms with van der Waals surface area (Å²) >= 11 is 12.3. The lowest BCUT2D eigenvalue weighted by atomic mass is 9.85. The minimum atomic E-state index is -0.277. The van der Waals surface area contributed by atoms with E-state index in [1.54, 1.807) is 12.1 Å². The third kappa shape index (κ3) is 2.61. The summed E-state index contributed by atoms with van der Waals surface area (Å²) in [6.07, 6.45) is 11.5. The normalized spacial score (nSPS) is 28.9. The first kappa shape index (κ1) is 17.1. The Kier molecular flexibility index (Phi) is 4.26. The molecular formula is C19H14Cl2N2O3. The topological polar surface area (TPSA) is 59.0 Å². The predicted molar refractivity (Wildman–Crippen MR) is 98.0 cm³/mol. The van der Waals surface area contributed by atoms with E-state index in [1.165, 1.54) is 6.21 Å². The van der Waals surface area contributed by atoms with Crippen molar-refractivity contribution in [2.75, 3.05) is 6.61 Å². The number of ether oxygens (including phenoxy) is 1. The van der Waals surface area contributed by atoms with Crippen LogP contribution in [-0.4, -0.2) is 29.6 Å². The van der Waals surface area contributed by atoms with Gasteiger partial charge in [0.05, 0.1) is 28.1 Å². The number of carbonyl (C=O) groups excluding carboxylic acids is 2. The van der Waals surface area contributed by atoms with Crippen LogP contribution in [0.3, 0.4) is 0 Å². The lowest BCUT2D eigenvalue weighted by Crippen LogP contribution is -2.28. The van der Waals surface area contributed by atoms with Crippen LogP contribution >= 0.6 is 23.2 Å². The average Bonchev–Trinajstić information content (AvgIpc) is 3.27. The summed E-state index contributed by atoms with van der Waals surface area (Å²) in [5, 5.41) is 5.62. The second kappa shape index (κ2) is 6.46. The fraction of sp³-hybridized carbons (Fsp3) is 0.316. The molecule has 132 valence electrons. The summed E-state index contributed by atoms with van der Waals surface area (Å²) in [4.78, 5) is 25.2. The number of amides is 2. The molecule has 0 aromatic heterocycles. The Balaban J connectivity index is 1.55. The zero-order chi connectivity index (χ0) is 18.4. The molecule has 4 atom stereocenters. The number of hydrazone groups is 1. The lowest BCUT2D eigenvalue weighted by Gasteiger charge is -2.13. The van der Waals surface area contributed by atoms with Crippen molar-refractivity contribution in [3.05, 3.63) is 39.9 Å². The number of benzene rings is 1. The largest absolute Gasteiger partial charge is 0.478 e. The van der Waals surface area contributed by atoms with E-state index in [2.05, 4.69) is 11.0 Å². The van der Waals surface area contributed by atoms with Gasteiger partial charge in [-0.2, -0.15) is 10.1 Å². The van der Waals surface area contributed by atoms with Crippen molar-refractivity contribution < 1.29 is 14.3 Å². The molecule has 2 aliphatic carbocycles. The monoisotopic (exact) mass is 388 g/mol. The molecule has 0 unspecified atom stereocenters. The van der Waals surface area contributed by atoms with Crippen LogP contribution in [0.15, 0.2) is 29.4 Å². The van der Waals surface area contributed by atoms with Crippen molar-refractivity contribution in [3.63, 3.8) is 0 Å². The van der Waals surface area contributed by atoms with E-state index in [0.29, 0.717) is 5.56 Å². The molecular weight excluding hydrogens is 375 g/mol. The van der Waals surface area contributed by atoms with E-state index in [4.69, 9.17) is 34.4 Å². The van der Waals surface area contributed by atoms with Gasteiger partial charge in [0.2, 0.25) is 0 Å². The van der Waals surface area contributed by atoms with Gasteiger partial charge in [-0.3, -0.25) is 9.59 Å². The van der Waals surface area contributed by atoms with E-state index >= 15 is 0 Å². The first-order valence-electron chi connectivity index (χ1n) is 8.16. The SMILES string of the molecule is C#CCOc1c(Cl)cc(C=NN2C(=O)[C@@H]3[C@H](C2=O)[C@H]2C=C[C@H]3C2)cc1Cl. The van der Waals surface area contributed by atoms with Gasteiger partial charge in [-0.25, -0.2) is 0 Å². The number of halogens is 2. The Hall–Kier alpha value is -2.29. The van der Waals surface area contributed by atoms with Crippen molar-refractivity contribution in [1.29, 1.82) is 0 Å². The first-order valence-corrected chi connectivity index (χ1v) is 8.92. The van der Waals surface area contributed by atoms with Gasteiger partial charge in [0, 0.05) is 0 Å². The Morgan fingerprint density at radius 2 is 1.77 bits per heavy atom. The average molecular weight is 389 g/mol. The molecule has 0 radical (unpaired) electrons. The van der Waals surface area contributed by atoms with Crippen LogP contribution < -0.4 is 4.74 Å². The molecule has 2 amide bonds. The summed E-state index contributed by atoms with van der Waals surface area (Å²) in [6.45, 7) is 0.0444. The highest BCUT2D eigenvalue weighted by Crippen LogP contribution is 2.52. The van der Waals surface area contributed by atoms with Gasteiger partial charge in [-0.15, -0.1) is 6.42 Å². The van der Waals surface area contributed by atoms with Crippen LogP contribution in [-0.2, 0) is 9.59 Å². The third-order valence-corrected chi connectivity index (χ3v) is 5.65. The molecule has 0 spiro atoms. The van der Waals surface area contributed by atoms with Gasteiger partial charge >= 0.3 is 0 Å². The molecule has 4 rings (SSSR count). The van der Waals surface area contributed by atoms with Crippen molar-refractivity contribution in [2.45, 2.75) is 6.42 Å². The minimum Gasteiger partial charge on any atom is -0.478 e. The molecule has 7 heteroatoms. The number of rotatable bonds is 4. The summed E-state index contributed by atoms with van der Waals surface area (Å²) in [5.74, 6) is 1.90. The molecule has 1 aromatic rings. The molecule has 5 nitrogen and oxygen atoms in total. The highest BCUT2D eigenvalue weighted by Gasteiger charge is 2.59. The molecule has 2 fully saturated rings. The number of allylic oxidation sites excluding steroid dienone is 2. The smallest absolute Gasteiger partial charge is 0.254 e. The van der Waals surface area contributed by atoms with Gasteiger partial charge in [-0.05, 0) is 36.0 Å². The lowest BCUT2D eigenvalue weighted by molar-refractivity contribution is -0.140. The molecule has 1 saturated heterocycles. The maximum atomic E-state index is 12.6. The molecule has 2 bridgehead atoms. The second-order valence-corrected chi connectivity index (χ2v) is 7.35. The molecule has 1 aromatic carbocycles. The molecule has 3 aliphatic rings. The molecule has 26 heavy (non-hydrogen) atoms. The zero-order valence-electron chi connectivity index (χ0n) is 13.6. The maximum Gasteiger partial charge on any atom is 0.254 e. The van der Waals surface area contributed by atoms with Gasteiger partial charge in [0.15, 0.2) is 5.75 Å². The number of nitrogens with zero attached hydrogens (tertiary/aromatic N) is 2. The summed E-state index contributed by atoms with van der Waals surface area (Å²) < 4.78 is 5.29. The minimum absolute atomic E-state index is 0.0444. The Labute approximate surface area is 160 Å². The first-order chi connectivity index (χ1) is 12.5. The summed E-state index contributed by atoms with van der Waals surface area (Å²) in [6, 6.07) is 3.17. The third-order valence-electron chi connectivity index (χ3n) is 5.09. The van der Waals surface area contributed by atoms with Gasteiger partial charge in [0.25, 0.3) is 11.8 Å². The fourth-order valence-electron chi connectivity index (χ4n) is 4.03. The summed E-state index contributed by atoms with van der Waals surface area (Å²) in [7, 11) is 0. The van der Waals surface area contributed by atoms with Crippen molar-refractivity contribution in [3.8, 4) is 18.1 Å². The van der Waals surface area contributed by atoms with Crippen LogP contribution in [0.1, 0.15) is 12.0 Å². The van der Waals surface area contributed by atoms with Crippen molar-refractivity contribution in [1.82, 2.24) is 5.01 Å². The van der Waals surface area contributed by atoms with Crippen LogP contribution in [0, 0.1) is 36.0 Å². The van der Waals surface area contributed by atoms with Crippen molar-refractivity contribution in [2.24, 2.45) is 28.8 Å². The number of hydrogen-bond acceptors (Lipinski definition) is 4. The van der Waals surface area contributed by atoms with E-state index in [0.717, 1.165) is 11.4 Å². The van der Waals surface area contributed by atoms with Crippen LogP contribution in [0.25, 0.3) is 0 Å². The van der Waals surface area contributed by atoms with Crippen LogP contribution in [0.4, 0.5) is 0 Å². The summed E-state index contributed by atoms with van der Waals surface area (Å²) in [5.41, 5.74) is 0.548. The van der Waals surface area contributed by atoms with Gasteiger partial charge in [0.1, 0.15) is 6.61 Å². The molecule has 1 saturated carbocycles. The number of hydrogen-bond donors (Lipinski definition) is 0. The molecule has 1 heterocycles. The molecule has 1 aliphatic heterocycles. The predicted octanol–water partition coefficient (Wildman–Crippen LogP) is 3.15. The molecule has 0 N–H and O–H groups in total. The van der Waals surface area contributed by atoms with E-state index in [1.807, 2.05) is 12.2 Å². The maximum absolute atomic E-state index is 12.6. The van der Waals surface area contributed by atoms with E-state index < -0.39 is 0 Å². The number of terminal acetylenes is 1. The Morgan fingerprint density at radius 3 is 2.31 bits per heavy atom. The van der Waals surface area contributed by atoms with Crippen LogP contribution in [0.5, 0.6) is 5.75 Å². The Bertz CT molecular complexity index is 850. The number of imide groups is 1. The van der Waals surface area contributed by atoms with Crippen molar-refractivity contribution >= 4 is 41.2 Å². The fourth-order valence-corrected chi connectivity index (χ4v) is 4.64. The number of carbonyl (C=O) groups is 2. The van der Waals surface area contributed by atoms with Gasteiger partial charge in [-0.1, -0.05) is 41.3 Å². The van der Waals surface area contributed by atoms with E-state index in [-0.39, 0.29) is 57.9 Å². The quantitative estimate of drug-likeness (QED) is 0.344. The number of fused-ring (bicyclic) bond motifs is 5. The second-order valence-electron chi connectivity index (χ2n) is 6.54. The standard InChI is InChI=1S/C19H14Cl2N2O3/c1-2-5-26-17-13(20)6-10(7-14(17)21)9-22-23-18(24)15-11-3-4-12(8-11)16(15)19(23)25/h1,3-4,6-7,9,11-12,15-16H,5,8H2/t11-,12-,15-,16+/m0/s1. The van der Waals surface area contributed by atoms with E-state index in [9.17, 15) is 9.59 Å². The Morgan fingerprint density at radius 1 is 1.19 bits per heavy atom. The zero-order valence-corrected chi connectivity index (χ0v) is 15.1.